The topological polar surface area (TPSA) is 131 Å². The molecule has 0 saturated carbocycles. The zero-order valence-corrected chi connectivity index (χ0v) is 24.0. The van der Waals surface area contributed by atoms with Crippen LogP contribution in [0, 0.1) is 18.8 Å². The molecular formula is C28H44N4O7. The van der Waals surface area contributed by atoms with Gasteiger partial charge >= 0.3 is 12.1 Å². The van der Waals surface area contributed by atoms with Crippen LogP contribution >= 0.6 is 0 Å². The average molecular weight is 549 g/mol. The number of likely N-dealkylation sites (tertiary alicyclic amines) is 2. The Hall–Kier alpha value is -3.11. The normalized spacial score (nSPS) is 19.4. The fourth-order valence-corrected chi connectivity index (χ4v) is 5.07. The van der Waals surface area contributed by atoms with Gasteiger partial charge in [0.05, 0.1) is 18.2 Å². The molecule has 1 aromatic heterocycles. The minimum absolute atomic E-state index is 0.0404. The molecular weight excluding hydrogens is 504 g/mol. The van der Waals surface area contributed by atoms with E-state index >= 15 is 0 Å². The lowest BCUT2D eigenvalue weighted by Gasteiger charge is -2.34. The van der Waals surface area contributed by atoms with Crippen molar-refractivity contribution in [2.75, 3.05) is 39.3 Å². The molecule has 2 aliphatic rings. The Morgan fingerprint density at radius 1 is 1.13 bits per heavy atom. The number of aryl methyl sites for hydroxylation is 1. The van der Waals surface area contributed by atoms with Crippen molar-refractivity contribution in [3.63, 3.8) is 0 Å². The Morgan fingerprint density at radius 3 is 2.46 bits per heavy atom. The molecule has 11 nitrogen and oxygen atoms in total. The van der Waals surface area contributed by atoms with Gasteiger partial charge in [-0.1, -0.05) is 5.16 Å². The van der Waals surface area contributed by atoms with Crippen LogP contribution in [0.15, 0.2) is 10.6 Å². The minimum atomic E-state index is -0.779. The molecule has 0 aliphatic carbocycles. The first kappa shape index (κ1) is 30.4. The molecule has 0 spiro atoms. The Labute approximate surface area is 230 Å². The molecule has 2 fully saturated rings. The number of piperidine rings is 2. The van der Waals surface area contributed by atoms with Gasteiger partial charge in [0.25, 0.3) is 0 Å². The van der Waals surface area contributed by atoms with E-state index in [1.54, 1.807) is 29.7 Å². The summed E-state index contributed by atoms with van der Waals surface area (Å²) in [4.78, 5) is 54.2. The van der Waals surface area contributed by atoms with Gasteiger partial charge in [-0.05, 0) is 72.6 Å². The van der Waals surface area contributed by atoms with Gasteiger partial charge in [0, 0.05) is 45.2 Å². The third kappa shape index (κ3) is 9.25. The summed E-state index contributed by atoms with van der Waals surface area (Å²) in [6.45, 7) is 11.6. The number of aromatic nitrogens is 1. The van der Waals surface area contributed by atoms with Crippen molar-refractivity contribution in [1.29, 1.82) is 0 Å². The highest BCUT2D eigenvalue weighted by Gasteiger charge is 2.32. The van der Waals surface area contributed by atoms with E-state index in [-0.39, 0.29) is 37.0 Å². The van der Waals surface area contributed by atoms with E-state index in [1.807, 2.05) is 20.8 Å². The fraction of sp³-hybridized carbons (Fsp3) is 0.750. The van der Waals surface area contributed by atoms with Crippen LogP contribution in [0.2, 0.25) is 0 Å². The van der Waals surface area contributed by atoms with Gasteiger partial charge in [-0.2, -0.15) is 0 Å². The van der Waals surface area contributed by atoms with E-state index in [0.29, 0.717) is 56.4 Å². The molecule has 0 bridgehead atoms. The summed E-state index contributed by atoms with van der Waals surface area (Å²) in [5.41, 5.74) is 0.128. The van der Waals surface area contributed by atoms with Crippen LogP contribution in [0.3, 0.4) is 0 Å². The number of carbonyl (C=O) groups excluding carboxylic acids is 4. The maximum Gasteiger partial charge on any atom is 0.410 e. The number of nitrogens with zero attached hydrogens (tertiary/aromatic N) is 3. The van der Waals surface area contributed by atoms with Gasteiger partial charge < -0.3 is 29.1 Å². The lowest BCUT2D eigenvalue weighted by Crippen LogP contribution is -2.46. The second-order valence-corrected chi connectivity index (χ2v) is 11.5. The second kappa shape index (κ2) is 13.8. The highest BCUT2D eigenvalue weighted by atomic mass is 16.6. The lowest BCUT2D eigenvalue weighted by atomic mass is 9.91. The summed E-state index contributed by atoms with van der Waals surface area (Å²) in [5, 5.41) is 6.70. The summed E-state index contributed by atoms with van der Waals surface area (Å²) in [6, 6.07) is 1.66. The smallest absolute Gasteiger partial charge is 0.410 e. The number of hydrogen-bond donors (Lipinski definition) is 1. The highest BCUT2D eigenvalue weighted by Crippen LogP contribution is 2.25. The van der Waals surface area contributed by atoms with E-state index in [2.05, 4.69) is 10.5 Å². The van der Waals surface area contributed by atoms with E-state index in [0.717, 1.165) is 25.7 Å². The molecule has 218 valence electrons. The standard InChI is InChI=1S/C28H44N4O7/c1-6-37-26(35)22(23-16-19(2)30-39-23)17-29-25(34)21-8-7-13-32(18-21)24(33)10-9-20-11-14-31(15-12-20)27(36)38-28(3,4)5/h16,20-22H,6-15,17-18H2,1-5H3,(H,29,34)/t21-,22+/m1/s1. The van der Waals surface area contributed by atoms with Crippen molar-refractivity contribution in [2.24, 2.45) is 11.8 Å². The predicted octanol–water partition coefficient (Wildman–Crippen LogP) is 3.41. The van der Waals surface area contributed by atoms with E-state index in [4.69, 9.17) is 14.0 Å². The van der Waals surface area contributed by atoms with Crippen molar-refractivity contribution >= 4 is 23.9 Å². The van der Waals surface area contributed by atoms with Crippen LogP contribution in [0.5, 0.6) is 0 Å². The second-order valence-electron chi connectivity index (χ2n) is 11.5. The molecule has 39 heavy (non-hydrogen) atoms. The summed E-state index contributed by atoms with van der Waals surface area (Å²) in [6.07, 6.45) is 4.06. The van der Waals surface area contributed by atoms with Crippen LogP contribution in [0.25, 0.3) is 0 Å². The van der Waals surface area contributed by atoms with Crippen LogP contribution in [-0.2, 0) is 23.9 Å². The first-order valence-corrected chi connectivity index (χ1v) is 14.1. The summed E-state index contributed by atoms with van der Waals surface area (Å²) in [5.74, 6) is -0.987. The Balaban J connectivity index is 1.43. The first-order valence-electron chi connectivity index (χ1n) is 14.1. The van der Waals surface area contributed by atoms with E-state index in [9.17, 15) is 19.2 Å². The molecule has 0 radical (unpaired) electrons. The zero-order valence-electron chi connectivity index (χ0n) is 24.0. The zero-order chi connectivity index (χ0) is 28.6. The predicted molar refractivity (Wildman–Crippen MR) is 143 cm³/mol. The maximum absolute atomic E-state index is 13.0. The molecule has 0 unspecified atom stereocenters. The highest BCUT2D eigenvalue weighted by molar-refractivity contribution is 5.83. The number of esters is 1. The third-order valence-electron chi connectivity index (χ3n) is 7.22. The number of nitrogens with one attached hydrogen (secondary N) is 1. The Bertz CT molecular complexity index is 994. The summed E-state index contributed by atoms with van der Waals surface area (Å²) < 4.78 is 15.9. The van der Waals surface area contributed by atoms with Crippen molar-refractivity contribution < 1.29 is 33.2 Å². The molecule has 3 rings (SSSR count). The first-order chi connectivity index (χ1) is 18.5. The van der Waals surface area contributed by atoms with Crippen molar-refractivity contribution in [3.05, 3.63) is 17.5 Å². The van der Waals surface area contributed by atoms with Crippen molar-refractivity contribution in [1.82, 2.24) is 20.3 Å². The largest absolute Gasteiger partial charge is 0.465 e. The van der Waals surface area contributed by atoms with Crippen LogP contribution < -0.4 is 5.32 Å². The van der Waals surface area contributed by atoms with E-state index in [1.165, 1.54) is 0 Å². The minimum Gasteiger partial charge on any atom is -0.465 e. The number of carbonyl (C=O) groups is 4. The number of rotatable bonds is 9. The number of hydrogen-bond acceptors (Lipinski definition) is 8. The Morgan fingerprint density at radius 2 is 1.85 bits per heavy atom. The van der Waals surface area contributed by atoms with Crippen LogP contribution in [-0.4, -0.2) is 83.8 Å². The van der Waals surface area contributed by atoms with E-state index < -0.39 is 17.5 Å². The number of ether oxygens (including phenoxy) is 2. The van der Waals surface area contributed by atoms with Gasteiger partial charge in [0.15, 0.2) is 5.76 Å². The van der Waals surface area contributed by atoms with Gasteiger partial charge in [0.1, 0.15) is 11.5 Å². The van der Waals surface area contributed by atoms with Crippen molar-refractivity contribution in [2.45, 2.75) is 84.7 Å². The quantitative estimate of drug-likeness (QED) is 0.465. The number of amides is 3. The molecule has 1 aromatic rings. The van der Waals surface area contributed by atoms with Gasteiger partial charge in [0.2, 0.25) is 11.8 Å². The van der Waals surface area contributed by atoms with Crippen LogP contribution in [0.1, 0.15) is 83.6 Å². The monoisotopic (exact) mass is 548 g/mol. The van der Waals surface area contributed by atoms with Gasteiger partial charge in [-0.25, -0.2) is 4.79 Å². The summed E-state index contributed by atoms with van der Waals surface area (Å²) in [7, 11) is 0. The fourth-order valence-electron chi connectivity index (χ4n) is 5.07. The maximum atomic E-state index is 13.0. The molecule has 2 saturated heterocycles. The molecule has 1 N–H and O–H groups in total. The molecule has 11 heteroatoms. The molecule has 2 atom stereocenters. The van der Waals surface area contributed by atoms with Gasteiger partial charge in [-0.15, -0.1) is 0 Å². The SMILES string of the molecule is CCOC(=O)[C@@H](CNC(=O)[C@@H]1CCCN(C(=O)CCC2CCN(C(=O)OC(C)(C)C)CC2)C1)c1cc(C)no1. The summed E-state index contributed by atoms with van der Waals surface area (Å²) >= 11 is 0. The molecule has 3 amide bonds. The molecule has 3 heterocycles. The lowest BCUT2D eigenvalue weighted by molar-refractivity contribution is -0.145. The average Bonchev–Trinajstić information content (AvgIpc) is 3.32. The molecule has 0 aromatic carbocycles. The van der Waals surface area contributed by atoms with Crippen molar-refractivity contribution in [3.8, 4) is 0 Å². The van der Waals surface area contributed by atoms with Gasteiger partial charge in [-0.3, -0.25) is 14.4 Å². The third-order valence-corrected chi connectivity index (χ3v) is 7.22. The molecule has 2 aliphatic heterocycles. The Kier molecular flexibility index (Phi) is 10.8. The van der Waals surface area contributed by atoms with Crippen LogP contribution in [0.4, 0.5) is 4.79 Å².